The van der Waals surface area contributed by atoms with Gasteiger partial charge in [0.15, 0.2) is 0 Å². The van der Waals surface area contributed by atoms with Crippen molar-refractivity contribution in [3.8, 4) is 0 Å². The molecule has 1 saturated heterocycles. The number of nitrogens with zero attached hydrogens (tertiary/aromatic N) is 1. The Morgan fingerprint density at radius 1 is 1.29 bits per heavy atom. The maximum absolute atomic E-state index is 5.73. The minimum Gasteiger partial charge on any atom is -0.371 e. The molecule has 0 bridgehead atoms. The van der Waals surface area contributed by atoms with Crippen LogP contribution < -0.4 is 10.6 Å². The SMILES string of the molecule is CCCCc1ccc(N2CCC(CN)C2)cc1. The van der Waals surface area contributed by atoms with E-state index in [9.17, 15) is 0 Å². The number of aryl methyl sites for hydroxylation is 1. The largest absolute Gasteiger partial charge is 0.371 e. The second-order valence-electron chi connectivity index (χ2n) is 5.11. The summed E-state index contributed by atoms with van der Waals surface area (Å²) < 4.78 is 0. The third kappa shape index (κ3) is 3.22. The Kier molecular flexibility index (Phi) is 4.43. The molecule has 1 heterocycles. The molecule has 2 N–H and O–H groups in total. The van der Waals surface area contributed by atoms with Gasteiger partial charge < -0.3 is 10.6 Å². The molecule has 94 valence electrons. The molecule has 2 heteroatoms. The molecular formula is C15H24N2. The summed E-state index contributed by atoms with van der Waals surface area (Å²) in [7, 11) is 0. The Hall–Kier alpha value is -1.02. The zero-order chi connectivity index (χ0) is 12.1. The van der Waals surface area contributed by atoms with Gasteiger partial charge in [-0.1, -0.05) is 25.5 Å². The van der Waals surface area contributed by atoms with Crippen LogP contribution in [0.2, 0.25) is 0 Å². The van der Waals surface area contributed by atoms with Crippen molar-refractivity contribution in [2.45, 2.75) is 32.6 Å². The topological polar surface area (TPSA) is 29.3 Å². The van der Waals surface area contributed by atoms with E-state index in [1.54, 1.807) is 0 Å². The molecule has 0 amide bonds. The fourth-order valence-corrected chi connectivity index (χ4v) is 2.51. The second kappa shape index (κ2) is 6.06. The molecule has 17 heavy (non-hydrogen) atoms. The summed E-state index contributed by atoms with van der Waals surface area (Å²) in [6, 6.07) is 9.09. The van der Waals surface area contributed by atoms with E-state index in [0.29, 0.717) is 5.92 Å². The van der Waals surface area contributed by atoms with E-state index in [1.807, 2.05) is 0 Å². The van der Waals surface area contributed by atoms with Crippen LogP contribution in [0.4, 0.5) is 5.69 Å². The van der Waals surface area contributed by atoms with Crippen LogP contribution in [0.3, 0.4) is 0 Å². The zero-order valence-corrected chi connectivity index (χ0v) is 10.9. The third-order valence-electron chi connectivity index (χ3n) is 3.74. The average Bonchev–Trinajstić information content (AvgIpc) is 2.86. The molecule has 0 radical (unpaired) electrons. The second-order valence-corrected chi connectivity index (χ2v) is 5.11. The summed E-state index contributed by atoms with van der Waals surface area (Å²) in [5, 5.41) is 0. The van der Waals surface area contributed by atoms with Gasteiger partial charge in [-0.05, 0) is 49.4 Å². The smallest absolute Gasteiger partial charge is 0.0366 e. The summed E-state index contributed by atoms with van der Waals surface area (Å²) in [6.45, 7) is 5.36. The number of anilines is 1. The van der Waals surface area contributed by atoms with Crippen LogP contribution in [0.15, 0.2) is 24.3 Å². The lowest BCUT2D eigenvalue weighted by Gasteiger charge is -2.18. The minimum atomic E-state index is 0.690. The van der Waals surface area contributed by atoms with Crippen LogP contribution >= 0.6 is 0 Å². The van der Waals surface area contributed by atoms with Crippen molar-refractivity contribution in [3.63, 3.8) is 0 Å². The summed E-state index contributed by atoms with van der Waals surface area (Å²) in [5.74, 6) is 0.690. The van der Waals surface area contributed by atoms with E-state index in [-0.39, 0.29) is 0 Å². The first-order valence-electron chi connectivity index (χ1n) is 6.87. The molecule has 2 rings (SSSR count). The van der Waals surface area contributed by atoms with Crippen molar-refractivity contribution < 1.29 is 0 Å². The average molecular weight is 232 g/mol. The highest BCUT2D eigenvalue weighted by molar-refractivity contribution is 5.48. The molecule has 0 aromatic heterocycles. The van der Waals surface area contributed by atoms with Crippen molar-refractivity contribution in [3.05, 3.63) is 29.8 Å². The highest BCUT2D eigenvalue weighted by Gasteiger charge is 2.20. The Morgan fingerprint density at radius 3 is 2.65 bits per heavy atom. The van der Waals surface area contributed by atoms with E-state index in [4.69, 9.17) is 5.73 Å². The maximum atomic E-state index is 5.73. The van der Waals surface area contributed by atoms with Gasteiger partial charge >= 0.3 is 0 Å². The Bertz CT molecular complexity index is 331. The van der Waals surface area contributed by atoms with Crippen LogP contribution in [0.25, 0.3) is 0 Å². The summed E-state index contributed by atoms with van der Waals surface area (Å²) in [5.41, 5.74) is 8.55. The quantitative estimate of drug-likeness (QED) is 0.846. The lowest BCUT2D eigenvalue weighted by Crippen LogP contribution is -2.22. The lowest BCUT2D eigenvalue weighted by atomic mass is 10.1. The standard InChI is InChI=1S/C15H24N2/c1-2-3-4-13-5-7-15(8-6-13)17-10-9-14(11-16)12-17/h5-8,14H,2-4,9-12,16H2,1H3. The molecule has 1 aromatic carbocycles. The fraction of sp³-hybridized carbons (Fsp3) is 0.600. The van der Waals surface area contributed by atoms with E-state index in [1.165, 1.54) is 36.9 Å². The van der Waals surface area contributed by atoms with Crippen molar-refractivity contribution >= 4 is 5.69 Å². The number of nitrogens with two attached hydrogens (primary N) is 1. The van der Waals surface area contributed by atoms with E-state index in [0.717, 1.165) is 19.6 Å². The first-order chi connectivity index (χ1) is 8.33. The molecular weight excluding hydrogens is 208 g/mol. The van der Waals surface area contributed by atoms with Crippen molar-refractivity contribution in [1.82, 2.24) is 0 Å². The van der Waals surface area contributed by atoms with Gasteiger partial charge in [-0.2, -0.15) is 0 Å². The molecule has 0 aliphatic carbocycles. The van der Waals surface area contributed by atoms with E-state index in [2.05, 4.69) is 36.1 Å². The van der Waals surface area contributed by atoms with Crippen LogP contribution in [-0.4, -0.2) is 19.6 Å². The van der Waals surface area contributed by atoms with Crippen LogP contribution in [0.1, 0.15) is 31.7 Å². The molecule has 1 fully saturated rings. The van der Waals surface area contributed by atoms with Gasteiger partial charge in [-0.25, -0.2) is 0 Å². The van der Waals surface area contributed by atoms with Crippen molar-refractivity contribution in [1.29, 1.82) is 0 Å². The molecule has 0 saturated carbocycles. The van der Waals surface area contributed by atoms with E-state index < -0.39 is 0 Å². The van der Waals surface area contributed by atoms with Gasteiger partial charge in [0.25, 0.3) is 0 Å². The number of rotatable bonds is 5. The molecule has 0 spiro atoms. The van der Waals surface area contributed by atoms with Gasteiger partial charge in [0.1, 0.15) is 0 Å². The number of unbranched alkanes of at least 4 members (excludes halogenated alkanes) is 1. The highest BCUT2D eigenvalue weighted by atomic mass is 15.2. The summed E-state index contributed by atoms with van der Waals surface area (Å²) >= 11 is 0. The van der Waals surface area contributed by atoms with Gasteiger partial charge in [0.05, 0.1) is 0 Å². The van der Waals surface area contributed by atoms with Crippen molar-refractivity contribution in [2.24, 2.45) is 11.7 Å². The predicted octanol–water partition coefficient (Wildman–Crippen LogP) is 2.81. The predicted molar refractivity (Wildman–Crippen MR) is 74.4 cm³/mol. The zero-order valence-electron chi connectivity index (χ0n) is 10.9. The Morgan fingerprint density at radius 2 is 2.06 bits per heavy atom. The fourth-order valence-electron chi connectivity index (χ4n) is 2.51. The van der Waals surface area contributed by atoms with Crippen LogP contribution in [0, 0.1) is 5.92 Å². The monoisotopic (exact) mass is 232 g/mol. The molecule has 1 atom stereocenters. The first-order valence-corrected chi connectivity index (χ1v) is 6.87. The van der Waals surface area contributed by atoms with Gasteiger partial charge in [-0.15, -0.1) is 0 Å². The highest BCUT2D eigenvalue weighted by Crippen LogP contribution is 2.23. The van der Waals surface area contributed by atoms with Crippen molar-refractivity contribution in [2.75, 3.05) is 24.5 Å². The van der Waals surface area contributed by atoms with Gasteiger partial charge in [0.2, 0.25) is 0 Å². The molecule has 1 unspecified atom stereocenters. The lowest BCUT2D eigenvalue weighted by molar-refractivity contribution is 0.602. The number of hydrogen-bond acceptors (Lipinski definition) is 2. The number of hydrogen-bond donors (Lipinski definition) is 1. The molecule has 1 aromatic rings. The molecule has 1 aliphatic heterocycles. The normalized spacial score (nSPS) is 19.9. The van der Waals surface area contributed by atoms with Gasteiger partial charge in [0, 0.05) is 18.8 Å². The summed E-state index contributed by atoms with van der Waals surface area (Å²) in [6.07, 6.45) is 5.01. The molecule has 2 nitrogen and oxygen atoms in total. The number of benzene rings is 1. The van der Waals surface area contributed by atoms with E-state index >= 15 is 0 Å². The maximum Gasteiger partial charge on any atom is 0.0366 e. The Labute approximate surface area is 105 Å². The van der Waals surface area contributed by atoms with Crippen LogP contribution in [-0.2, 0) is 6.42 Å². The summed E-state index contributed by atoms with van der Waals surface area (Å²) in [4.78, 5) is 2.46. The Balaban J connectivity index is 1.94. The van der Waals surface area contributed by atoms with Gasteiger partial charge in [-0.3, -0.25) is 0 Å². The minimum absolute atomic E-state index is 0.690. The first kappa shape index (κ1) is 12.4. The molecule has 1 aliphatic rings. The van der Waals surface area contributed by atoms with Crippen LogP contribution in [0.5, 0.6) is 0 Å². The third-order valence-corrected chi connectivity index (χ3v) is 3.74.